The first-order valence-corrected chi connectivity index (χ1v) is 14.7. The summed E-state index contributed by atoms with van der Waals surface area (Å²) in [5.41, 5.74) is 1.67. The van der Waals surface area contributed by atoms with Crippen molar-refractivity contribution in [1.82, 2.24) is 19.3 Å². The summed E-state index contributed by atoms with van der Waals surface area (Å²) in [5, 5.41) is 16.5. The molecule has 13 heteroatoms. The average molecular weight is 586 g/mol. The molecule has 220 valence electrons. The van der Waals surface area contributed by atoms with Crippen molar-refractivity contribution in [2.45, 2.75) is 51.2 Å². The molecule has 0 spiro atoms. The van der Waals surface area contributed by atoms with E-state index in [1.165, 1.54) is 23.7 Å². The quantitative estimate of drug-likeness (QED) is 0.405. The van der Waals surface area contributed by atoms with Gasteiger partial charge in [-0.1, -0.05) is 12.1 Å². The number of aryl methyl sites for hydroxylation is 2. The van der Waals surface area contributed by atoms with Crippen LogP contribution in [0.3, 0.4) is 0 Å². The Morgan fingerprint density at radius 2 is 1.95 bits per heavy atom. The van der Waals surface area contributed by atoms with Crippen LogP contribution in [0, 0.1) is 19.8 Å². The first-order valence-electron chi connectivity index (χ1n) is 13.2. The lowest BCUT2D eigenvalue weighted by atomic mass is 10.0. The number of carbonyl (C=O) groups excluding carboxylic acids is 2. The molecule has 2 N–H and O–H groups in total. The molecule has 0 saturated heterocycles. The van der Waals surface area contributed by atoms with Crippen LogP contribution in [0.15, 0.2) is 52.1 Å². The molecule has 2 amide bonds. The zero-order chi connectivity index (χ0) is 29.9. The molecule has 0 bridgehead atoms. The molecule has 1 aliphatic rings. The first-order chi connectivity index (χ1) is 19.4. The number of nitrogens with zero attached hydrogens (tertiary/aromatic N) is 4. The Morgan fingerprint density at radius 3 is 2.59 bits per heavy atom. The number of benzene rings is 1. The fraction of sp³-hybridized carbons (Fsp3) is 0.429. The van der Waals surface area contributed by atoms with E-state index in [-0.39, 0.29) is 60.2 Å². The molecule has 1 aromatic carbocycles. The van der Waals surface area contributed by atoms with Crippen LogP contribution in [0.5, 0.6) is 5.75 Å². The number of hydrogen-bond acceptors (Lipinski definition) is 9. The van der Waals surface area contributed by atoms with Gasteiger partial charge in [0.2, 0.25) is 15.9 Å². The number of aliphatic hydroxyl groups excluding tert-OH is 1. The summed E-state index contributed by atoms with van der Waals surface area (Å²) in [5.74, 6) is -0.280. The summed E-state index contributed by atoms with van der Waals surface area (Å²) < 4.78 is 39.6. The third kappa shape index (κ3) is 6.58. The van der Waals surface area contributed by atoms with Crippen LogP contribution in [-0.4, -0.2) is 83.6 Å². The highest BCUT2D eigenvalue weighted by Crippen LogP contribution is 2.30. The molecule has 0 radical (unpaired) electrons. The molecule has 4 rings (SSSR count). The highest BCUT2D eigenvalue weighted by atomic mass is 32.2. The van der Waals surface area contributed by atoms with Crippen molar-refractivity contribution in [2.24, 2.45) is 5.92 Å². The van der Waals surface area contributed by atoms with E-state index in [1.54, 1.807) is 56.0 Å². The Labute approximate surface area is 239 Å². The van der Waals surface area contributed by atoms with Crippen LogP contribution < -0.4 is 10.1 Å². The van der Waals surface area contributed by atoms with E-state index in [9.17, 15) is 23.1 Å². The number of likely N-dealkylation sites (N-methyl/N-ethyl adjacent to an activating group) is 1. The number of anilines is 1. The molecule has 12 nitrogen and oxygen atoms in total. The number of sulfonamides is 1. The van der Waals surface area contributed by atoms with E-state index in [1.807, 2.05) is 6.92 Å². The van der Waals surface area contributed by atoms with Gasteiger partial charge in [-0.3, -0.25) is 14.6 Å². The number of pyridine rings is 1. The van der Waals surface area contributed by atoms with Crippen molar-refractivity contribution < 1.29 is 32.4 Å². The number of carbonyl (C=O) groups is 2. The van der Waals surface area contributed by atoms with Crippen molar-refractivity contribution in [1.29, 1.82) is 0 Å². The molecule has 2 aromatic heterocycles. The smallest absolute Gasteiger partial charge is 0.255 e. The average Bonchev–Trinajstić information content (AvgIpc) is 3.31. The van der Waals surface area contributed by atoms with Gasteiger partial charge in [-0.25, -0.2) is 8.42 Å². The van der Waals surface area contributed by atoms with Gasteiger partial charge >= 0.3 is 0 Å². The second-order valence-electron chi connectivity index (χ2n) is 10.3. The van der Waals surface area contributed by atoms with E-state index in [0.29, 0.717) is 22.6 Å². The number of aliphatic hydroxyl groups is 1. The van der Waals surface area contributed by atoms with E-state index < -0.39 is 22.2 Å². The number of fused-ring (bicyclic) bond motifs is 1. The fourth-order valence-electron chi connectivity index (χ4n) is 4.78. The van der Waals surface area contributed by atoms with E-state index in [2.05, 4.69) is 15.5 Å². The molecule has 3 atom stereocenters. The second kappa shape index (κ2) is 12.4. The van der Waals surface area contributed by atoms with Crippen LogP contribution in [0.25, 0.3) is 0 Å². The van der Waals surface area contributed by atoms with Gasteiger partial charge in [0.25, 0.3) is 5.91 Å². The zero-order valence-corrected chi connectivity index (χ0v) is 24.5. The highest BCUT2D eigenvalue weighted by Gasteiger charge is 2.35. The zero-order valence-electron chi connectivity index (χ0n) is 23.7. The molecule has 3 aromatic rings. The SMILES string of the molecule is Cc1noc(C)c1S(=O)(=O)N(C)C[C@H]1Oc2ccc(NC(=O)c3ccncc3)cc2CC(=O)N([C@H](C)CO)C[C@H]1C. The van der Waals surface area contributed by atoms with Gasteiger partial charge in [0.1, 0.15) is 22.4 Å². The van der Waals surface area contributed by atoms with Crippen molar-refractivity contribution in [3.8, 4) is 5.75 Å². The molecular weight excluding hydrogens is 550 g/mol. The van der Waals surface area contributed by atoms with Crippen molar-refractivity contribution in [2.75, 3.05) is 32.1 Å². The minimum absolute atomic E-state index is 0.0106. The maximum Gasteiger partial charge on any atom is 0.255 e. The predicted octanol–water partition coefficient (Wildman–Crippen LogP) is 2.41. The summed E-state index contributed by atoms with van der Waals surface area (Å²) in [6.45, 7) is 6.71. The molecule has 0 fully saturated rings. The van der Waals surface area contributed by atoms with Crippen molar-refractivity contribution in [3.05, 3.63) is 65.3 Å². The summed E-state index contributed by atoms with van der Waals surface area (Å²) in [4.78, 5) is 31.7. The molecular formula is C28H35N5O7S. The molecule has 41 heavy (non-hydrogen) atoms. The third-order valence-corrected chi connectivity index (χ3v) is 9.26. The highest BCUT2D eigenvalue weighted by molar-refractivity contribution is 7.89. The second-order valence-corrected chi connectivity index (χ2v) is 12.3. The van der Waals surface area contributed by atoms with Crippen LogP contribution in [0.1, 0.15) is 41.2 Å². The Bertz CT molecular complexity index is 1490. The summed E-state index contributed by atoms with van der Waals surface area (Å²) in [6, 6.07) is 7.72. The van der Waals surface area contributed by atoms with E-state index >= 15 is 0 Å². The van der Waals surface area contributed by atoms with Gasteiger partial charge in [0, 0.05) is 48.7 Å². The van der Waals surface area contributed by atoms with Gasteiger partial charge < -0.3 is 24.6 Å². The number of hydrogen-bond donors (Lipinski definition) is 2. The van der Waals surface area contributed by atoms with Gasteiger partial charge in [-0.15, -0.1) is 0 Å². The van der Waals surface area contributed by atoms with Crippen LogP contribution >= 0.6 is 0 Å². The van der Waals surface area contributed by atoms with Gasteiger partial charge in [-0.05, 0) is 51.1 Å². The number of rotatable bonds is 8. The summed E-state index contributed by atoms with van der Waals surface area (Å²) >= 11 is 0. The Morgan fingerprint density at radius 1 is 1.24 bits per heavy atom. The molecule has 3 heterocycles. The normalized spacial score (nSPS) is 18.6. The lowest BCUT2D eigenvalue weighted by Gasteiger charge is -2.33. The topological polar surface area (TPSA) is 155 Å². The maximum atomic E-state index is 13.4. The van der Waals surface area contributed by atoms with Gasteiger partial charge in [0.05, 0.1) is 25.6 Å². The summed E-state index contributed by atoms with van der Waals surface area (Å²) in [7, 11) is -2.49. The Balaban J connectivity index is 1.67. The Kier molecular flexibility index (Phi) is 9.10. The molecule has 0 unspecified atom stereocenters. The maximum absolute atomic E-state index is 13.4. The Hall–Kier alpha value is -3.81. The third-order valence-electron chi connectivity index (χ3n) is 7.19. The minimum Gasteiger partial charge on any atom is -0.488 e. The first kappa shape index (κ1) is 30.2. The van der Waals surface area contributed by atoms with Gasteiger partial charge in [-0.2, -0.15) is 4.31 Å². The van der Waals surface area contributed by atoms with Crippen LogP contribution in [0.2, 0.25) is 0 Å². The van der Waals surface area contributed by atoms with E-state index in [0.717, 1.165) is 0 Å². The van der Waals surface area contributed by atoms with Crippen LogP contribution in [-0.2, 0) is 21.2 Å². The molecule has 1 aliphatic heterocycles. The standard InChI is InChI=1S/C28H35N5O7S/c1-17-14-33(18(2)16-34)26(35)13-22-12-23(30-28(36)21-8-10-29-11-9-21)6-7-24(22)39-25(17)15-32(5)41(37,38)27-19(3)31-40-20(27)4/h6-12,17-18,25,34H,13-16H2,1-5H3,(H,30,36)/t17-,18-,25-/m1/s1. The fourth-order valence-corrected chi connectivity index (χ4v) is 6.25. The number of nitrogens with one attached hydrogen (secondary N) is 1. The monoisotopic (exact) mass is 585 g/mol. The summed E-state index contributed by atoms with van der Waals surface area (Å²) in [6.07, 6.45) is 2.34. The lowest BCUT2D eigenvalue weighted by molar-refractivity contribution is -0.134. The van der Waals surface area contributed by atoms with Crippen LogP contribution in [0.4, 0.5) is 5.69 Å². The predicted molar refractivity (Wildman–Crippen MR) is 150 cm³/mol. The number of ether oxygens (including phenoxy) is 1. The minimum atomic E-state index is -3.95. The largest absolute Gasteiger partial charge is 0.488 e. The lowest BCUT2D eigenvalue weighted by Crippen LogP contribution is -2.48. The molecule has 0 aliphatic carbocycles. The number of aromatic nitrogens is 2. The molecule has 0 saturated carbocycles. The number of amides is 2. The van der Waals surface area contributed by atoms with E-state index in [4.69, 9.17) is 9.26 Å². The van der Waals surface area contributed by atoms with Crippen molar-refractivity contribution >= 4 is 27.5 Å². The van der Waals surface area contributed by atoms with Gasteiger partial charge in [0.15, 0.2) is 5.76 Å². The van der Waals surface area contributed by atoms with Crippen molar-refractivity contribution in [3.63, 3.8) is 0 Å².